The van der Waals surface area contributed by atoms with Gasteiger partial charge in [0, 0.05) is 6.42 Å². The monoisotopic (exact) mass is 536 g/mol. The van der Waals surface area contributed by atoms with Crippen molar-refractivity contribution in [3.05, 3.63) is 35.5 Å². The van der Waals surface area contributed by atoms with Crippen LogP contribution in [0.5, 0.6) is 0 Å². The number of terminal acetylenes is 1. The average Bonchev–Trinajstić information content (AvgIpc) is 2.76. The molecule has 0 aromatic rings. The molecule has 0 saturated heterocycles. The van der Waals surface area contributed by atoms with Crippen LogP contribution in [0.15, 0.2) is 35.5 Å². The molecule has 1 atom stereocenters. The zero-order chi connectivity index (χ0) is 23.4. The Morgan fingerprint density at radius 2 is 1.32 bits per heavy atom. The van der Waals surface area contributed by atoms with E-state index in [1.165, 1.54) is 63.0 Å². The standard InChI is InChI=1S/C17H25O.3C4H9.Sn/c1-4-5-7-11-16(2)13-10-14-17(3)12-8-6-9-15-18;3*1-3-4-2;/h1,6,9,11,14-15,18H,5,7-8,10,12-13H2,2-3H3;3*1,3-4H2,2H3;/b9-6+,16-11+,17-14+;;;;. The first-order chi connectivity index (χ1) is 15.0. The number of allylic oxidation sites excluding steroid dienone is 5. The maximum absolute atomic E-state index is 11.3. The molecule has 0 aliphatic heterocycles. The van der Waals surface area contributed by atoms with Gasteiger partial charge in [0.15, 0.2) is 0 Å². The Morgan fingerprint density at radius 3 is 1.81 bits per heavy atom. The van der Waals surface area contributed by atoms with Crippen LogP contribution in [0.4, 0.5) is 0 Å². The van der Waals surface area contributed by atoms with Crippen LogP contribution in [-0.2, 0) is 0 Å². The molecule has 2 heteroatoms. The van der Waals surface area contributed by atoms with Crippen molar-refractivity contribution in [1.29, 1.82) is 0 Å². The molecule has 0 saturated carbocycles. The molecule has 0 bridgehead atoms. The van der Waals surface area contributed by atoms with Crippen molar-refractivity contribution in [2.75, 3.05) is 0 Å². The molecule has 0 fully saturated rings. The Bertz CT molecular complexity index is 542. The van der Waals surface area contributed by atoms with Crippen molar-refractivity contribution < 1.29 is 5.11 Å². The zero-order valence-corrected chi connectivity index (χ0v) is 24.4. The Morgan fingerprint density at radius 1 is 0.839 bits per heavy atom. The second kappa shape index (κ2) is 20.2. The van der Waals surface area contributed by atoms with Crippen LogP contribution in [0.3, 0.4) is 0 Å². The summed E-state index contributed by atoms with van der Waals surface area (Å²) >= 11 is -2.54. The Balaban J connectivity index is 4.71. The van der Waals surface area contributed by atoms with Crippen LogP contribution in [-0.4, -0.2) is 27.6 Å². The van der Waals surface area contributed by atoms with Gasteiger partial charge in [-0.05, 0) is 0 Å². The van der Waals surface area contributed by atoms with E-state index >= 15 is 0 Å². The molecule has 0 spiro atoms. The van der Waals surface area contributed by atoms with Crippen molar-refractivity contribution >= 4 is 18.4 Å². The number of rotatable bonds is 19. The third kappa shape index (κ3) is 15.1. The van der Waals surface area contributed by atoms with Gasteiger partial charge in [0.2, 0.25) is 0 Å². The second-order valence-electron chi connectivity index (χ2n) is 9.47. The molecule has 0 amide bonds. The van der Waals surface area contributed by atoms with Crippen LogP contribution in [0.1, 0.15) is 112 Å². The molecule has 31 heavy (non-hydrogen) atoms. The summed E-state index contributed by atoms with van der Waals surface area (Å²) in [6.07, 6.45) is 28.4. The van der Waals surface area contributed by atoms with E-state index in [0.29, 0.717) is 0 Å². The Labute approximate surface area is 199 Å². The Kier molecular flexibility index (Phi) is 19.9. The SMILES string of the molecule is C#CCC/C=C(\C)CC/C=C(\C)CC/C=C/[C@@H](O)[Sn]([CH2]CCC)([CH2]CCC)[CH2]CCC. The van der Waals surface area contributed by atoms with E-state index in [2.05, 4.69) is 64.8 Å². The van der Waals surface area contributed by atoms with Crippen LogP contribution < -0.4 is 0 Å². The third-order valence-electron chi connectivity index (χ3n) is 6.55. The summed E-state index contributed by atoms with van der Waals surface area (Å²) in [5.41, 5.74) is 2.91. The fourth-order valence-electron chi connectivity index (χ4n) is 4.30. The molecule has 0 aliphatic carbocycles. The van der Waals surface area contributed by atoms with Gasteiger partial charge in [0.25, 0.3) is 0 Å². The van der Waals surface area contributed by atoms with E-state index in [1.807, 2.05) is 0 Å². The predicted molar refractivity (Wildman–Crippen MR) is 144 cm³/mol. The molecule has 0 aliphatic rings. The number of aliphatic hydroxyl groups excluding tert-OH is 1. The zero-order valence-electron chi connectivity index (χ0n) is 21.5. The summed E-state index contributed by atoms with van der Waals surface area (Å²) in [7, 11) is 0. The fourth-order valence-corrected chi connectivity index (χ4v) is 19.6. The summed E-state index contributed by atoms with van der Waals surface area (Å²) in [5.74, 6) is 2.70. The van der Waals surface area contributed by atoms with Gasteiger partial charge in [-0.1, -0.05) is 0 Å². The first kappa shape index (κ1) is 30.5. The van der Waals surface area contributed by atoms with Crippen LogP contribution in [0.25, 0.3) is 0 Å². The van der Waals surface area contributed by atoms with E-state index in [4.69, 9.17) is 6.42 Å². The van der Waals surface area contributed by atoms with Gasteiger partial charge in [-0.25, -0.2) is 0 Å². The quantitative estimate of drug-likeness (QED) is 0.0757. The molecular formula is C29H52OSn. The molecule has 178 valence electrons. The van der Waals surface area contributed by atoms with Crippen molar-refractivity contribution in [1.82, 2.24) is 0 Å². The summed E-state index contributed by atoms with van der Waals surface area (Å²) in [5, 5.41) is 11.3. The number of hydrogen-bond donors (Lipinski definition) is 1. The number of hydrogen-bond acceptors (Lipinski definition) is 1. The third-order valence-corrected chi connectivity index (χ3v) is 22.2. The van der Waals surface area contributed by atoms with Gasteiger partial charge in [0.1, 0.15) is 0 Å². The van der Waals surface area contributed by atoms with E-state index in [0.717, 1.165) is 38.5 Å². The number of aliphatic hydroxyl groups is 1. The summed E-state index contributed by atoms with van der Waals surface area (Å²) in [6, 6.07) is 0. The molecule has 1 nitrogen and oxygen atoms in total. The van der Waals surface area contributed by atoms with Gasteiger partial charge in [-0.3, -0.25) is 0 Å². The fraction of sp³-hybridized carbons (Fsp3) is 0.724. The second-order valence-corrected chi connectivity index (χ2v) is 23.2. The van der Waals surface area contributed by atoms with Gasteiger partial charge in [0.05, 0.1) is 0 Å². The van der Waals surface area contributed by atoms with Crippen molar-refractivity contribution in [3.8, 4) is 12.3 Å². The van der Waals surface area contributed by atoms with E-state index in [1.54, 1.807) is 0 Å². The van der Waals surface area contributed by atoms with Crippen LogP contribution >= 0.6 is 0 Å². The van der Waals surface area contributed by atoms with Crippen LogP contribution in [0, 0.1) is 12.3 Å². The van der Waals surface area contributed by atoms with Gasteiger partial charge >= 0.3 is 182 Å². The van der Waals surface area contributed by atoms with E-state index in [9.17, 15) is 5.11 Å². The van der Waals surface area contributed by atoms with E-state index < -0.39 is 18.4 Å². The molecule has 0 radical (unpaired) electrons. The molecule has 0 heterocycles. The predicted octanol–water partition coefficient (Wildman–Crippen LogP) is 9.16. The van der Waals surface area contributed by atoms with Crippen molar-refractivity contribution in [3.63, 3.8) is 0 Å². The molecule has 0 rings (SSSR count). The first-order valence-electron chi connectivity index (χ1n) is 13.0. The maximum atomic E-state index is 11.3. The minimum absolute atomic E-state index is 0.0981. The molecule has 0 unspecified atom stereocenters. The van der Waals surface area contributed by atoms with Crippen LogP contribution in [0.2, 0.25) is 13.3 Å². The average molecular weight is 535 g/mol. The van der Waals surface area contributed by atoms with Gasteiger partial charge in [-0.2, -0.15) is 0 Å². The summed E-state index contributed by atoms with van der Waals surface area (Å²) < 4.78 is 4.00. The summed E-state index contributed by atoms with van der Waals surface area (Å²) in [6.45, 7) is 11.3. The normalized spacial score (nSPS) is 14.2. The number of unbranched alkanes of at least 4 members (excludes halogenated alkanes) is 4. The van der Waals surface area contributed by atoms with Crippen molar-refractivity contribution in [2.45, 2.75) is 129 Å². The molecule has 0 aromatic heterocycles. The molecule has 0 aromatic carbocycles. The van der Waals surface area contributed by atoms with E-state index in [-0.39, 0.29) is 4.12 Å². The summed E-state index contributed by atoms with van der Waals surface area (Å²) in [4.78, 5) is 0. The molecular weight excluding hydrogens is 483 g/mol. The Hall–Kier alpha value is -0.461. The molecule has 1 N–H and O–H groups in total. The van der Waals surface area contributed by atoms with Gasteiger partial charge in [-0.15, -0.1) is 12.3 Å². The minimum atomic E-state index is -2.54. The van der Waals surface area contributed by atoms with Gasteiger partial charge < -0.3 is 0 Å². The topological polar surface area (TPSA) is 20.2 Å². The first-order valence-corrected chi connectivity index (χ1v) is 20.7. The van der Waals surface area contributed by atoms with Crippen molar-refractivity contribution in [2.24, 2.45) is 0 Å².